The number of benzene rings is 2. The van der Waals surface area contributed by atoms with Crippen LogP contribution in [0.1, 0.15) is 20.8 Å². The summed E-state index contributed by atoms with van der Waals surface area (Å²) in [7, 11) is 1.52. The molecule has 0 saturated carbocycles. The smallest absolute Gasteiger partial charge is 0.308 e. The number of carbonyl (C=O) groups is 3. The normalized spacial score (nSPS) is 10.5. The summed E-state index contributed by atoms with van der Waals surface area (Å²) in [6.07, 6.45) is 0. The molecule has 0 aliphatic rings. The standard InChI is InChI=1S/C22H17BrO9/c1-10(24)29-20-17-15(27)9-16(13-5-7-14(28-4)8-6-13)32-19(17)18(23)21(30-11(2)25)22(20)31-12(3)26/h5-9H,1-4H3. The van der Waals surface area contributed by atoms with E-state index in [1.54, 1.807) is 24.3 Å². The topological polar surface area (TPSA) is 118 Å². The number of ether oxygens (including phenoxy) is 4. The second-order valence-corrected chi connectivity index (χ2v) is 7.28. The molecular weight excluding hydrogens is 488 g/mol. The Bertz CT molecular complexity index is 1290. The Labute approximate surface area is 189 Å². The number of esters is 3. The van der Waals surface area contributed by atoms with Gasteiger partial charge in [-0.2, -0.15) is 0 Å². The fourth-order valence-corrected chi connectivity index (χ4v) is 3.43. The highest BCUT2D eigenvalue weighted by Crippen LogP contribution is 2.49. The first-order valence-electron chi connectivity index (χ1n) is 9.15. The average molecular weight is 505 g/mol. The fourth-order valence-electron chi connectivity index (χ4n) is 2.89. The first kappa shape index (κ1) is 23.0. The second kappa shape index (κ2) is 9.23. The largest absolute Gasteiger partial charge is 0.497 e. The Morgan fingerprint density at radius 3 is 1.91 bits per heavy atom. The minimum atomic E-state index is -0.797. The Balaban J connectivity index is 2.40. The molecule has 9 nitrogen and oxygen atoms in total. The van der Waals surface area contributed by atoms with Crippen molar-refractivity contribution in [2.24, 2.45) is 0 Å². The Morgan fingerprint density at radius 1 is 0.844 bits per heavy atom. The number of methoxy groups -OCH3 is 1. The second-order valence-electron chi connectivity index (χ2n) is 6.49. The van der Waals surface area contributed by atoms with E-state index in [4.69, 9.17) is 23.4 Å². The van der Waals surface area contributed by atoms with Crippen molar-refractivity contribution in [3.63, 3.8) is 0 Å². The van der Waals surface area contributed by atoms with Crippen molar-refractivity contribution in [2.75, 3.05) is 7.11 Å². The lowest BCUT2D eigenvalue weighted by atomic mass is 10.1. The molecule has 0 N–H and O–H groups in total. The maximum Gasteiger partial charge on any atom is 0.308 e. The van der Waals surface area contributed by atoms with Gasteiger partial charge in [-0.15, -0.1) is 0 Å². The van der Waals surface area contributed by atoms with Gasteiger partial charge in [0.05, 0.1) is 7.11 Å². The van der Waals surface area contributed by atoms with Crippen LogP contribution in [-0.2, 0) is 14.4 Å². The number of fused-ring (bicyclic) bond motifs is 1. The number of rotatable bonds is 5. The molecule has 3 rings (SSSR count). The Morgan fingerprint density at radius 2 is 1.38 bits per heavy atom. The van der Waals surface area contributed by atoms with Crippen molar-refractivity contribution in [1.29, 1.82) is 0 Å². The van der Waals surface area contributed by atoms with Gasteiger partial charge < -0.3 is 23.4 Å². The van der Waals surface area contributed by atoms with E-state index in [-0.39, 0.29) is 27.0 Å². The molecule has 1 aromatic heterocycles. The molecule has 32 heavy (non-hydrogen) atoms. The first-order valence-corrected chi connectivity index (χ1v) is 9.94. The van der Waals surface area contributed by atoms with Gasteiger partial charge in [-0.25, -0.2) is 0 Å². The Hall–Kier alpha value is -3.66. The third-order valence-corrected chi connectivity index (χ3v) is 4.82. The van der Waals surface area contributed by atoms with E-state index in [9.17, 15) is 19.2 Å². The number of hydrogen-bond acceptors (Lipinski definition) is 9. The van der Waals surface area contributed by atoms with Crippen LogP contribution in [0.3, 0.4) is 0 Å². The van der Waals surface area contributed by atoms with Crippen LogP contribution in [0, 0.1) is 0 Å². The molecule has 10 heteroatoms. The van der Waals surface area contributed by atoms with Crippen LogP contribution in [0.4, 0.5) is 0 Å². The molecule has 0 amide bonds. The molecule has 0 aliphatic carbocycles. The quantitative estimate of drug-likeness (QED) is 0.374. The van der Waals surface area contributed by atoms with E-state index in [1.807, 2.05) is 0 Å². The molecule has 0 saturated heterocycles. The van der Waals surface area contributed by atoms with E-state index in [0.717, 1.165) is 20.8 Å². The summed E-state index contributed by atoms with van der Waals surface area (Å²) in [6.45, 7) is 3.33. The van der Waals surface area contributed by atoms with Gasteiger partial charge in [0.25, 0.3) is 0 Å². The average Bonchev–Trinajstić information content (AvgIpc) is 2.72. The van der Waals surface area contributed by atoms with Crippen LogP contribution in [-0.4, -0.2) is 25.0 Å². The molecule has 3 aromatic rings. The van der Waals surface area contributed by atoms with Gasteiger partial charge in [-0.3, -0.25) is 19.2 Å². The van der Waals surface area contributed by atoms with Crippen molar-refractivity contribution in [2.45, 2.75) is 20.8 Å². The highest BCUT2D eigenvalue weighted by Gasteiger charge is 2.29. The van der Waals surface area contributed by atoms with Gasteiger partial charge in [0, 0.05) is 32.4 Å². The fraction of sp³-hybridized carbons (Fsp3) is 0.182. The maximum atomic E-state index is 13.1. The lowest BCUT2D eigenvalue weighted by Gasteiger charge is -2.17. The molecule has 0 bridgehead atoms. The number of hydrogen-bond donors (Lipinski definition) is 0. The summed E-state index contributed by atoms with van der Waals surface area (Å²) in [5.74, 6) is -2.64. The van der Waals surface area contributed by atoms with Crippen molar-refractivity contribution in [3.8, 4) is 34.3 Å². The predicted molar refractivity (Wildman–Crippen MR) is 116 cm³/mol. The van der Waals surface area contributed by atoms with Crippen molar-refractivity contribution in [3.05, 3.63) is 45.0 Å². The van der Waals surface area contributed by atoms with Gasteiger partial charge in [-0.05, 0) is 40.2 Å². The monoisotopic (exact) mass is 504 g/mol. The van der Waals surface area contributed by atoms with Crippen LogP contribution < -0.4 is 24.4 Å². The summed E-state index contributed by atoms with van der Waals surface area (Å²) in [5.41, 5.74) is -0.104. The summed E-state index contributed by atoms with van der Waals surface area (Å²) in [6, 6.07) is 7.95. The molecule has 0 radical (unpaired) electrons. The summed E-state index contributed by atoms with van der Waals surface area (Å²) in [5, 5.41) is -0.184. The molecule has 0 spiro atoms. The zero-order valence-corrected chi connectivity index (χ0v) is 19.0. The number of halogens is 1. The highest BCUT2D eigenvalue weighted by atomic mass is 79.9. The van der Waals surface area contributed by atoms with E-state index in [2.05, 4.69) is 15.9 Å². The van der Waals surface area contributed by atoms with Gasteiger partial charge in [0.15, 0.2) is 22.5 Å². The van der Waals surface area contributed by atoms with Crippen molar-refractivity contribution >= 4 is 44.8 Å². The van der Waals surface area contributed by atoms with Crippen LogP contribution in [0.2, 0.25) is 0 Å². The molecule has 0 aliphatic heterocycles. The van der Waals surface area contributed by atoms with Crippen molar-refractivity contribution < 1.29 is 37.7 Å². The first-order chi connectivity index (χ1) is 15.1. The molecule has 0 atom stereocenters. The third kappa shape index (κ3) is 4.65. The molecule has 166 valence electrons. The minimum absolute atomic E-state index is 0.0160. The molecule has 0 fully saturated rings. The highest BCUT2D eigenvalue weighted by molar-refractivity contribution is 9.10. The zero-order chi connectivity index (χ0) is 23.6. The lowest BCUT2D eigenvalue weighted by Crippen LogP contribution is -2.14. The van der Waals surface area contributed by atoms with Gasteiger partial charge in [0.1, 0.15) is 21.4 Å². The van der Waals surface area contributed by atoms with Gasteiger partial charge in [0.2, 0.25) is 5.75 Å². The SMILES string of the molecule is COc1ccc(-c2cc(=O)c3c(OC(C)=O)c(OC(C)=O)c(OC(C)=O)c(Br)c3o2)cc1. The number of carbonyl (C=O) groups excluding carboxylic acids is 3. The van der Waals surface area contributed by atoms with E-state index in [1.165, 1.54) is 13.2 Å². The van der Waals surface area contributed by atoms with Crippen molar-refractivity contribution in [1.82, 2.24) is 0 Å². The van der Waals surface area contributed by atoms with E-state index in [0.29, 0.717) is 11.3 Å². The zero-order valence-electron chi connectivity index (χ0n) is 17.4. The van der Waals surface area contributed by atoms with Crippen LogP contribution in [0.5, 0.6) is 23.0 Å². The minimum Gasteiger partial charge on any atom is -0.497 e. The van der Waals surface area contributed by atoms with Crippen LogP contribution >= 0.6 is 15.9 Å². The van der Waals surface area contributed by atoms with Crippen LogP contribution in [0.25, 0.3) is 22.3 Å². The molecule has 1 heterocycles. The molecular formula is C22H17BrO9. The molecule has 0 unspecified atom stereocenters. The summed E-state index contributed by atoms with van der Waals surface area (Å²) >= 11 is 3.25. The maximum absolute atomic E-state index is 13.1. The van der Waals surface area contributed by atoms with Gasteiger partial charge >= 0.3 is 17.9 Å². The summed E-state index contributed by atoms with van der Waals surface area (Å²) in [4.78, 5) is 48.2. The lowest BCUT2D eigenvalue weighted by molar-refractivity contribution is -0.135. The van der Waals surface area contributed by atoms with E-state index >= 15 is 0 Å². The predicted octanol–water partition coefficient (Wildman–Crippen LogP) is 4.01. The van der Waals surface area contributed by atoms with E-state index < -0.39 is 34.8 Å². The third-order valence-electron chi connectivity index (χ3n) is 4.10. The molecule has 2 aromatic carbocycles. The summed E-state index contributed by atoms with van der Waals surface area (Å²) < 4.78 is 26.6. The van der Waals surface area contributed by atoms with Crippen LogP contribution in [0.15, 0.2) is 44.0 Å². The Kier molecular flexibility index (Phi) is 6.64. The van der Waals surface area contributed by atoms with Gasteiger partial charge in [-0.1, -0.05) is 0 Å².